The molecule has 0 amide bonds. The molecule has 2 rings (SSSR count). The molecule has 0 aliphatic heterocycles. The molecule has 25 heavy (non-hydrogen) atoms. The summed E-state index contributed by atoms with van der Waals surface area (Å²) in [6.45, 7) is 6.65. The number of carboxylic acid groups (broad SMARTS) is 1. The van der Waals surface area contributed by atoms with Crippen molar-refractivity contribution in [2.24, 2.45) is 0 Å². The average molecular weight is 343 g/mol. The zero-order chi connectivity index (χ0) is 18.1. The highest BCUT2D eigenvalue weighted by atomic mass is 16.5. The highest BCUT2D eigenvalue weighted by Crippen LogP contribution is 2.28. The van der Waals surface area contributed by atoms with Gasteiger partial charge in [-0.15, -0.1) is 0 Å². The van der Waals surface area contributed by atoms with E-state index in [4.69, 9.17) is 14.6 Å². The van der Waals surface area contributed by atoms with Crippen molar-refractivity contribution in [1.82, 2.24) is 5.32 Å². The average Bonchev–Trinajstić information content (AvgIpc) is 2.61. The van der Waals surface area contributed by atoms with Crippen LogP contribution in [0, 0.1) is 0 Å². The van der Waals surface area contributed by atoms with E-state index >= 15 is 0 Å². The molecule has 5 nitrogen and oxygen atoms in total. The van der Waals surface area contributed by atoms with E-state index in [-0.39, 0.29) is 0 Å². The Balaban J connectivity index is 1.84. The number of carbonyl (C=O) groups is 1. The van der Waals surface area contributed by atoms with Crippen LogP contribution >= 0.6 is 0 Å². The first-order chi connectivity index (χ1) is 12.1. The summed E-state index contributed by atoms with van der Waals surface area (Å²) in [6.07, 6.45) is 0.875. The van der Waals surface area contributed by atoms with E-state index in [1.807, 2.05) is 38.1 Å². The Morgan fingerprint density at radius 1 is 0.960 bits per heavy atom. The lowest BCUT2D eigenvalue weighted by Crippen LogP contribution is -2.16. The van der Waals surface area contributed by atoms with Gasteiger partial charge in [0.15, 0.2) is 11.5 Å². The third-order valence-electron chi connectivity index (χ3n) is 3.73. The molecule has 0 atom stereocenters. The summed E-state index contributed by atoms with van der Waals surface area (Å²) in [6, 6.07) is 12.9. The first kappa shape index (κ1) is 18.8. The van der Waals surface area contributed by atoms with Crippen LogP contribution in [0.1, 0.15) is 35.3 Å². The highest BCUT2D eigenvalue weighted by molar-refractivity contribution is 5.87. The first-order valence-electron chi connectivity index (χ1n) is 8.55. The maximum atomic E-state index is 10.8. The molecule has 0 aliphatic carbocycles. The summed E-state index contributed by atoms with van der Waals surface area (Å²) in [7, 11) is 0. The summed E-state index contributed by atoms with van der Waals surface area (Å²) in [5, 5.41) is 12.3. The van der Waals surface area contributed by atoms with Crippen LogP contribution < -0.4 is 14.8 Å². The van der Waals surface area contributed by atoms with Crippen LogP contribution in [-0.4, -0.2) is 30.8 Å². The smallest absolute Gasteiger partial charge is 0.335 e. The number of hydrogen-bond acceptors (Lipinski definition) is 4. The lowest BCUT2D eigenvalue weighted by molar-refractivity contribution is 0.0697. The van der Waals surface area contributed by atoms with Crippen molar-refractivity contribution in [3.8, 4) is 11.5 Å². The van der Waals surface area contributed by atoms with Crippen molar-refractivity contribution in [2.45, 2.75) is 26.8 Å². The molecule has 134 valence electrons. The second kappa shape index (κ2) is 9.69. The third kappa shape index (κ3) is 5.80. The van der Waals surface area contributed by atoms with Gasteiger partial charge in [-0.2, -0.15) is 0 Å². The van der Waals surface area contributed by atoms with Gasteiger partial charge in [0.25, 0.3) is 0 Å². The lowest BCUT2D eigenvalue weighted by atomic mass is 10.1. The molecule has 0 heterocycles. The zero-order valence-electron chi connectivity index (χ0n) is 14.7. The molecular formula is C20H25NO4. The van der Waals surface area contributed by atoms with Gasteiger partial charge in [0.05, 0.1) is 18.8 Å². The third-order valence-corrected chi connectivity index (χ3v) is 3.73. The SMILES string of the molecule is CCOc1ccc(CCNCc2ccc(C(=O)O)cc2)cc1OCC. The van der Waals surface area contributed by atoms with E-state index in [9.17, 15) is 4.79 Å². The van der Waals surface area contributed by atoms with Crippen LogP contribution in [0.2, 0.25) is 0 Å². The minimum Gasteiger partial charge on any atom is -0.490 e. The Bertz CT molecular complexity index is 683. The molecule has 0 unspecified atom stereocenters. The normalized spacial score (nSPS) is 10.5. The van der Waals surface area contributed by atoms with Crippen molar-refractivity contribution in [1.29, 1.82) is 0 Å². The fourth-order valence-corrected chi connectivity index (χ4v) is 2.48. The van der Waals surface area contributed by atoms with Crippen LogP contribution in [0.3, 0.4) is 0 Å². The fourth-order valence-electron chi connectivity index (χ4n) is 2.48. The first-order valence-corrected chi connectivity index (χ1v) is 8.55. The van der Waals surface area contributed by atoms with Gasteiger partial charge in [-0.1, -0.05) is 18.2 Å². The molecule has 0 spiro atoms. The number of benzene rings is 2. The maximum absolute atomic E-state index is 10.8. The van der Waals surface area contributed by atoms with Gasteiger partial charge >= 0.3 is 5.97 Å². The molecule has 5 heteroatoms. The van der Waals surface area contributed by atoms with E-state index in [1.165, 1.54) is 5.56 Å². The number of carboxylic acids is 1. The van der Waals surface area contributed by atoms with Gasteiger partial charge in [0, 0.05) is 6.54 Å². The quantitative estimate of drug-likeness (QED) is 0.646. The molecule has 0 radical (unpaired) electrons. The molecule has 0 aliphatic rings. The van der Waals surface area contributed by atoms with Gasteiger partial charge < -0.3 is 19.9 Å². The second-order valence-corrected chi connectivity index (χ2v) is 5.58. The topological polar surface area (TPSA) is 67.8 Å². The number of rotatable bonds is 10. The summed E-state index contributed by atoms with van der Waals surface area (Å²) >= 11 is 0. The van der Waals surface area contributed by atoms with E-state index in [0.717, 1.165) is 30.0 Å². The number of ether oxygens (including phenoxy) is 2. The highest BCUT2D eigenvalue weighted by Gasteiger charge is 2.06. The molecular weight excluding hydrogens is 318 g/mol. The summed E-state index contributed by atoms with van der Waals surface area (Å²) < 4.78 is 11.2. The molecule has 0 saturated carbocycles. The molecule has 0 saturated heterocycles. The van der Waals surface area contributed by atoms with Crippen molar-refractivity contribution in [2.75, 3.05) is 19.8 Å². The van der Waals surface area contributed by atoms with Crippen molar-refractivity contribution >= 4 is 5.97 Å². The number of aromatic carboxylic acids is 1. The predicted octanol–water partition coefficient (Wildman–Crippen LogP) is 3.51. The molecule has 2 aromatic carbocycles. The van der Waals surface area contributed by atoms with Crippen LogP contribution in [0.5, 0.6) is 11.5 Å². The number of nitrogens with one attached hydrogen (secondary N) is 1. The predicted molar refractivity (Wildman–Crippen MR) is 97.6 cm³/mol. The van der Waals surface area contributed by atoms with Gasteiger partial charge in [-0.25, -0.2) is 4.79 Å². The monoisotopic (exact) mass is 343 g/mol. The van der Waals surface area contributed by atoms with E-state index in [0.29, 0.717) is 25.3 Å². The van der Waals surface area contributed by atoms with Gasteiger partial charge in [-0.3, -0.25) is 0 Å². The zero-order valence-corrected chi connectivity index (χ0v) is 14.7. The second-order valence-electron chi connectivity index (χ2n) is 5.58. The lowest BCUT2D eigenvalue weighted by Gasteiger charge is -2.12. The van der Waals surface area contributed by atoms with Crippen LogP contribution in [-0.2, 0) is 13.0 Å². The van der Waals surface area contributed by atoms with E-state index < -0.39 is 5.97 Å². The molecule has 0 bridgehead atoms. The van der Waals surface area contributed by atoms with E-state index in [1.54, 1.807) is 12.1 Å². The standard InChI is InChI=1S/C20H25NO4/c1-3-24-18-10-7-15(13-19(18)25-4-2)11-12-21-14-16-5-8-17(9-6-16)20(22)23/h5-10,13,21H,3-4,11-12,14H2,1-2H3,(H,22,23). The Morgan fingerprint density at radius 2 is 1.60 bits per heavy atom. The summed E-state index contributed by atoms with van der Waals surface area (Å²) in [5.74, 6) is 0.658. The minimum absolute atomic E-state index is 0.307. The fraction of sp³-hybridized carbons (Fsp3) is 0.350. The van der Waals surface area contributed by atoms with Gasteiger partial charge in [-0.05, 0) is 62.2 Å². The van der Waals surface area contributed by atoms with Crippen molar-refractivity contribution < 1.29 is 19.4 Å². The molecule has 0 aromatic heterocycles. The van der Waals surface area contributed by atoms with Crippen molar-refractivity contribution in [3.63, 3.8) is 0 Å². The van der Waals surface area contributed by atoms with Crippen molar-refractivity contribution in [3.05, 3.63) is 59.2 Å². The van der Waals surface area contributed by atoms with Crippen LogP contribution in [0.25, 0.3) is 0 Å². The van der Waals surface area contributed by atoms with Crippen LogP contribution in [0.15, 0.2) is 42.5 Å². The molecule has 0 fully saturated rings. The molecule has 2 aromatic rings. The molecule has 2 N–H and O–H groups in total. The van der Waals surface area contributed by atoms with Crippen LogP contribution in [0.4, 0.5) is 0 Å². The Morgan fingerprint density at radius 3 is 2.24 bits per heavy atom. The largest absolute Gasteiger partial charge is 0.490 e. The van der Waals surface area contributed by atoms with Gasteiger partial charge in [0.1, 0.15) is 0 Å². The Kier molecular flexibility index (Phi) is 7.29. The van der Waals surface area contributed by atoms with Gasteiger partial charge in [0.2, 0.25) is 0 Å². The maximum Gasteiger partial charge on any atom is 0.335 e. The Labute approximate surface area is 148 Å². The Hall–Kier alpha value is -2.53. The number of hydrogen-bond donors (Lipinski definition) is 2. The van der Waals surface area contributed by atoms with E-state index in [2.05, 4.69) is 11.4 Å². The summed E-state index contributed by atoms with van der Waals surface area (Å²) in [4.78, 5) is 10.8. The summed E-state index contributed by atoms with van der Waals surface area (Å²) in [5.41, 5.74) is 2.55. The minimum atomic E-state index is -0.903.